The van der Waals surface area contributed by atoms with Crippen molar-refractivity contribution in [3.05, 3.63) is 53.8 Å². The lowest BCUT2D eigenvalue weighted by Crippen LogP contribution is -2.56. The van der Waals surface area contributed by atoms with E-state index in [1.54, 1.807) is 43.3 Å². The van der Waals surface area contributed by atoms with E-state index in [9.17, 15) is 18.8 Å². The molecule has 4 atom stereocenters. The highest BCUT2D eigenvalue weighted by Crippen LogP contribution is 2.52. The van der Waals surface area contributed by atoms with Gasteiger partial charge in [0, 0.05) is 17.7 Å². The van der Waals surface area contributed by atoms with E-state index < -0.39 is 47.0 Å². The van der Waals surface area contributed by atoms with Crippen molar-refractivity contribution in [2.24, 2.45) is 11.8 Å². The highest BCUT2D eigenvalue weighted by molar-refractivity contribution is 6.24. The largest absolute Gasteiger partial charge is 0.486 e. The van der Waals surface area contributed by atoms with E-state index in [4.69, 9.17) is 14.2 Å². The molecule has 1 N–H and O–H groups in total. The minimum absolute atomic E-state index is 0.113. The van der Waals surface area contributed by atoms with Gasteiger partial charge in [-0.15, -0.1) is 0 Å². The second-order valence-electron chi connectivity index (χ2n) is 8.93. The summed E-state index contributed by atoms with van der Waals surface area (Å²) in [5.74, 6) is -3.23. The van der Waals surface area contributed by atoms with Crippen molar-refractivity contribution >= 4 is 23.5 Å². The van der Waals surface area contributed by atoms with E-state index in [2.05, 4.69) is 5.32 Å². The predicted octanol–water partition coefficient (Wildman–Crippen LogP) is 3.15. The Morgan fingerprint density at radius 2 is 1.86 bits per heavy atom. The molecule has 0 radical (unpaired) electrons. The van der Waals surface area contributed by atoms with Gasteiger partial charge in [0.1, 0.15) is 24.6 Å². The molecule has 0 bridgehead atoms. The number of amides is 2. The molecular formula is C26H27FN2O6. The fourth-order valence-corrected chi connectivity index (χ4v) is 5.60. The van der Waals surface area contributed by atoms with Crippen LogP contribution >= 0.6 is 0 Å². The summed E-state index contributed by atoms with van der Waals surface area (Å²) in [4.78, 5) is 42.2. The first-order valence-corrected chi connectivity index (χ1v) is 11.9. The molecule has 3 aliphatic heterocycles. The molecule has 184 valence electrons. The third-order valence-corrected chi connectivity index (χ3v) is 6.96. The molecule has 0 unspecified atom stereocenters. The molecule has 2 saturated heterocycles. The molecule has 35 heavy (non-hydrogen) atoms. The highest BCUT2D eigenvalue weighted by Gasteiger charge is 2.68. The van der Waals surface area contributed by atoms with Gasteiger partial charge in [-0.05, 0) is 31.5 Å². The van der Waals surface area contributed by atoms with Crippen molar-refractivity contribution in [3.8, 4) is 11.5 Å². The molecule has 0 aromatic heterocycles. The number of fused-ring (bicyclic) bond motifs is 2. The second kappa shape index (κ2) is 8.96. The Morgan fingerprint density at radius 1 is 1.11 bits per heavy atom. The summed E-state index contributed by atoms with van der Waals surface area (Å²) >= 11 is 0. The fraction of sp³-hybridized carbons (Fsp3) is 0.423. The van der Waals surface area contributed by atoms with Crippen molar-refractivity contribution in [3.63, 3.8) is 0 Å². The number of hydrogen-bond acceptors (Lipinski definition) is 7. The SMILES string of the molecule is CCC[C@@]1(C(=O)OCC)N[C@@H](c2ccccc2F)[C@H]2C(=O)N(c3ccc4c(c3)OCCO4)C(=O)[C@H]21. The lowest BCUT2D eigenvalue weighted by Gasteiger charge is -2.32. The van der Waals surface area contributed by atoms with E-state index >= 15 is 0 Å². The van der Waals surface area contributed by atoms with Crippen LogP contribution in [0.5, 0.6) is 11.5 Å². The van der Waals surface area contributed by atoms with Crippen molar-refractivity contribution in [2.75, 3.05) is 24.7 Å². The van der Waals surface area contributed by atoms with Crippen LogP contribution in [-0.2, 0) is 19.1 Å². The average Bonchev–Trinajstić information content (AvgIpc) is 3.33. The first-order chi connectivity index (χ1) is 16.9. The Kier molecular flexibility index (Phi) is 5.96. The maximum absolute atomic E-state index is 14.9. The fourth-order valence-electron chi connectivity index (χ4n) is 5.60. The summed E-state index contributed by atoms with van der Waals surface area (Å²) in [6.07, 6.45) is 0.802. The molecule has 9 heteroatoms. The van der Waals surface area contributed by atoms with E-state index in [1.165, 1.54) is 6.07 Å². The third-order valence-electron chi connectivity index (χ3n) is 6.96. The third kappa shape index (κ3) is 3.56. The van der Waals surface area contributed by atoms with Gasteiger partial charge in [-0.1, -0.05) is 31.5 Å². The zero-order valence-electron chi connectivity index (χ0n) is 19.6. The van der Waals surface area contributed by atoms with Gasteiger partial charge in [0.2, 0.25) is 11.8 Å². The number of nitrogens with one attached hydrogen (secondary N) is 1. The number of hydrogen-bond donors (Lipinski definition) is 1. The van der Waals surface area contributed by atoms with Crippen molar-refractivity contribution in [1.82, 2.24) is 5.32 Å². The normalized spacial score (nSPS) is 27.2. The van der Waals surface area contributed by atoms with Crippen LogP contribution in [0.2, 0.25) is 0 Å². The van der Waals surface area contributed by atoms with Crippen LogP contribution < -0.4 is 19.7 Å². The zero-order valence-corrected chi connectivity index (χ0v) is 19.6. The Labute approximate surface area is 202 Å². The van der Waals surface area contributed by atoms with Gasteiger partial charge in [-0.2, -0.15) is 0 Å². The van der Waals surface area contributed by atoms with E-state index in [1.807, 2.05) is 6.92 Å². The maximum Gasteiger partial charge on any atom is 0.327 e. The standard InChI is InChI=1S/C26H27FN2O6/c1-3-11-26(25(32)33-4-2)21-20(22(28-26)16-7-5-6-8-17(16)27)23(30)29(24(21)31)15-9-10-18-19(14-15)35-13-12-34-18/h5-10,14,20-22,28H,3-4,11-13H2,1-2H3/t20-,21-,22-,26+/m0/s1. The Balaban J connectivity index is 1.63. The summed E-state index contributed by atoms with van der Waals surface area (Å²) in [7, 11) is 0. The molecule has 8 nitrogen and oxygen atoms in total. The van der Waals surface area contributed by atoms with Gasteiger partial charge < -0.3 is 14.2 Å². The van der Waals surface area contributed by atoms with Crippen molar-refractivity contribution in [1.29, 1.82) is 0 Å². The minimum atomic E-state index is -1.46. The summed E-state index contributed by atoms with van der Waals surface area (Å²) < 4.78 is 31.5. The monoisotopic (exact) mass is 482 g/mol. The summed E-state index contributed by atoms with van der Waals surface area (Å²) in [5, 5.41) is 3.20. The first-order valence-electron chi connectivity index (χ1n) is 11.9. The molecule has 3 aliphatic rings. The van der Waals surface area contributed by atoms with E-state index in [0.29, 0.717) is 36.8 Å². The van der Waals surface area contributed by atoms with Crippen LogP contribution in [0.15, 0.2) is 42.5 Å². The number of ether oxygens (including phenoxy) is 3. The molecule has 5 rings (SSSR count). The molecule has 2 fully saturated rings. The number of benzene rings is 2. The molecule has 0 spiro atoms. The quantitative estimate of drug-likeness (QED) is 0.499. The topological polar surface area (TPSA) is 94.2 Å². The molecule has 3 heterocycles. The highest BCUT2D eigenvalue weighted by atomic mass is 19.1. The molecule has 2 aromatic carbocycles. The summed E-state index contributed by atoms with van der Waals surface area (Å²) in [6.45, 7) is 4.44. The predicted molar refractivity (Wildman–Crippen MR) is 123 cm³/mol. The number of halogens is 1. The Hall–Kier alpha value is -3.46. The lowest BCUT2D eigenvalue weighted by atomic mass is 9.77. The molecule has 2 amide bonds. The number of nitrogens with zero attached hydrogens (tertiary/aromatic N) is 1. The van der Waals surface area contributed by atoms with Crippen LogP contribution in [0.1, 0.15) is 38.3 Å². The van der Waals surface area contributed by atoms with Crippen LogP contribution in [0, 0.1) is 17.7 Å². The molecule has 2 aromatic rings. The second-order valence-corrected chi connectivity index (χ2v) is 8.93. The van der Waals surface area contributed by atoms with Crippen LogP contribution in [-0.4, -0.2) is 43.1 Å². The van der Waals surface area contributed by atoms with Crippen LogP contribution in [0.3, 0.4) is 0 Å². The lowest BCUT2D eigenvalue weighted by molar-refractivity contribution is -0.155. The number of carbonyl (C=O) groups is 3. The average molecular weight is 483 g/mol. The number of carbonyl (C=O) groups excluding carboxylic acids is 3. The van der Waals surface area contributed by atoms with Crippen LogP contribution in [0.25, 0.3) is 0 Å². The van der Waals surface area contributed by atoms with Gasteiger partial charge in [-0.25, -0.2) is 9.29 Å². The molecule has 0 saturated carbocycles. The van der Waals surface area contributed by atoms with E-state index in [-0.39, 0.29) is 18.6 Å². The van der Waals surface area contributed by atoms with Gasteiger partial charge >= 0.3 is 5.97 Å². The number of esters is 1. The summed E-state index contributed by atoms with van der Waals surface area (Å²) in [5.41, 5.74) is -0.910. The molecular weight excluding hydrogens is 455 g/mol. The van der Waals surface area contributed by atoms with E-state index in [0.717, 1.165) is 4.90 Å². The smallest absolute Gasteiger partial charge is 0.327 e. The minimum Gasteiger partial charge on any atom is -0.486 e. The van der Waals surface area contributed by atoms with Gasteiger partial charge in [-0.3, -0.25) is 19.7 Å². The van der Waals surface area contributed by atoms with Crippen LogP contribution in [0.4, 0.5) is 10.1 Å². The van der Waals surface area contributed by atoms with Gasteiger partial charge in [0.05, 0.1) is 24.1 Å². The van der Waals surface area contributed by atoms with Crippen molar-refractivity contribution < 1.29 is 33.0 Å². The Morgan fingerprint density at radius 3 is 2.57 bits per heavy atom. The van der Waals surface area contributed by atoms with Gasteiger partial charge in [0.15, 0.2) is 11.5 Å². The Bertz CT molecular complexity index is 1190. The number of imide groups is 1. The molecule has 0 aliphatic carbocycles. The summed E-state index contributed by atoms with van der Waals surface area (Å²) in [6, 6.07) is 10.1. The zero-order chi connectivity index (χ0) is 24.7. The first kappa shape index (κ1) is 23.3. The number of anilines is 1. The van der Waals surface area contributed by atoms with Crippen molar-refractivity contribution in [2.45, 2.75) is 38.3 Å². The maximum atomic E-state index is 14.9. The number of rotatable bonds is 6. The van der Waals surface area contributed by atoms with Gasteiger partial charge in [0.25, 0.3) is 0 Å².